The van der Waals surface area contributed by atoms with Crippen molar-refractivity contribution in [2.24, 2.45) is 0 Å². The van der Waals surface area contributed by atoms with Gasteiger partial charge in [-0.1, -0.05) is 12.8 Å². The lowest BCUT2D eigenvalue weighted by molar-refractivity contribution is -0.124. The van der Waals surface area contributed by atoms with Gasteiger partial charge in [0, 0.05) is 31.5 Å². The van der Waals surface area contributed by atoms with Crippen LogP contribution in [0, 0.1) is 0 Å². The molecule has 1 aromatic heterocycles. The van der Waals surface area contributed by atoms with Gasteiger partial charge in [-0.25, -0.2) is 0 Å². The summed E-state index contributed by atoms with van der Waals surface area (Å²) in [4.78, 5) is 12.5. The Hall–Kier alpha value is -1.40. The standard InChI is InChI=1S/C17H28N4O2/c1-23-13-17(7-2-3-8-17)20-16(22)12-21-15(6-10-19-21)14-5-4-9-18-11-14/h6,10,14,18H,2-5,7-9,11-13H2,1H3,(H,20,22)/t14-/m1/s1. The van der Waals surface area contributed by atoms with E-state index in [0.717, 1.165) is 45.2 Å². The minimum absolute atomic E-state index is 0.0395. The largest absolute Gasteiger partial charge is 0.382 e. The van der Waals surface area contributed by atoms with Crippen molar-refractivity contribution in [1.82, 2.24) is 20.4 Å². The zero-order valence-electron chi connectivity index (χ0n) is 14.0. The normalized spacial score (nSPS) is 23.8. The molecule has 6 nitrogen and oxygen atoms in total. The van der Waals surface area contributed by atoms with Crippen molar-refractivity contribution < 1.29 is 9.53 Å². The molecule has 0 aromatic carbocycles. The lowest BCUT2D eigenvalue weighted by Crippen LogP contribution is -2.50. The lowest BCUT2D eigenvalue weighted by Gasteiger charge is -2.30. The molecule has 0 spiro atoms. The van der Waals surface area contributed by atoms with Crippen molar-refractivity contribution >= 4 is 5.91 Å². The van der Waals surface area contributed by atoms with E-state index in [1.807, 2.05) is 10.7 Å². The molecule has 1 aromatic rings. The molecule has 1 aliphatic carbocycles. The Kier molecular flexibility index (Phi) is 5.33. The average molecular weight is 320 g/mol. The number of carbonyl (C=O) groups is 1. The molecule has 128 valence electrons. The van der Waals surface area contributed by atoms with Gasteiger partial charge in [0.15, 0.2) is 0 Å². The van der Waals surface area contributed by atoms with Gasteiger partial charge >= 0.3 is 0 Å². The lowest BCUT2D eigenvalue weighted by atomic mass is 9.96. The highest BCUT2D eigenvalue weighted by Crippen LogP contribution is 2.30. The Labute approximate surface area is 138 Å². The van der Waals surface area contributed by atoms with Gasteiger partial charge in [0.05, 0.1) is 12.1 Å². The quantitative estimate of drug-likeness (QED) is 0.832. The van der Waals surface area contributed by atoms with Crippen LogP contribution in [0.3, 0.4) is 0 Å². The molecule has 1 aliphatic heterocycles. The van der Waals surface area contributed by atoms with Gasteiger partial charge < -0.3 is 15.4 Å². The summed E-state index contributed by atoms with van der Waals surface area (Å²) in [7, 11) is 1.70. The molecule has 0 bridgehead atoms. The van der Waals surface area contributed by atoms with E-state index >= 15 is 0 Å². The Balaban J connectivity index is 1.62. The van der Waals surface area contributed by atoms with Crippen LogP contribution in [0.5, 0.6) is 0 Å². The van der Waals surface area contributed by atoms with Crippen LogP contribution in [0.4, 0.5) is 0 Å². The molecule has 0 radical (unpaired) electrons. The third kappa shape index (κ3) is 3.93. The number of methoxy groups -OCH3 is 1. The van der Waals surface area contributed by atoms with Gasteiger partial charge in [-0.3, -0.25) is 9.48 Å². The van der Waals surface area contributed by atoms with Gasteiger partial charge in [0.1, 0.15) is 6.54 Å². The number of aromatic nitrogens is 2. The highest BCUT2D eigenvalue weighted by molar-refractivity contribution is 5.76. The maximum absolute atomic E-state index is 12.5. The number of ether oxygens (including phenoxy) is 1. The molecule has 0 unspecified atom stereocenters. The van der Waals surface area contributed by atoms with Crippen molar-refractivity contribution in [2.75, 3.05) is 26.8 Å². The van der Waals surface area contributed by atoms with Crippen LogP contribution >= 0.6 is 0 Å². The second kappa shape index (κ2) is 7.45. The number of amides is 1. The fourth-order valence-corrected chi connectivity index (χ4v) is 4.03. The van der Waals surface area contributed by atoms with Crippen LogP contribution in [0.15, 0.2) is 12.3 Å². The van der Waals surface area contributed by atoms with Crippen LogP contribution in [0.2, 0.25) is 0 Å². The molecule has 2 fully saturated rings. The topological polar surface area (TPSA) is 68.2 Å². The molecule has 23 heavy (non-hydrogen) atoms. The average Bonchev–Trinajstić information content (AvgIpc) is 3.18. The summed E-state index contributed by atoms with van der Waals surface area (Å²) >= 11 is 0. The second-order valence-corrected chi connectivity index (χ2v) is 6.93. The Morgan fingerprint density at radius 3 is 3.00 bits per heavy atom. The first-order valence-corrected chi connectivity index (χ1v) is 8.75. The van der Waals surface area contributed by atoms with Crippen LogP contribution < -0.4 is 10.6 Å². The van der Waals surface area contributed by atoms with Crippen molar-refractivity contribution in [3.8, 4) is 0 Å². The number of piperidine rings is 1. The third-order valence-corrected chi connectivity index (χ3v) is 5.14. The van der Waals surface area contributed by atoms with Crippen molar-refractivity contribution in [3.05, 3.63) is 18.0 Å². The molecule has 1 saturated heterocycles. The number of hydrogen-bond acceptors (Lipinski definition) is 4. The fourth-order valence-electron chi connectivity index (χ4n) is 4.03. The number of nitrogens with zero attached hydrogens (tertiary/aromatic N) is 2. The Bertz CT molecular complexity index is 516. The summed E-state index contributed by atoms with van der Waals surface area (Å²) in [6.45, 7) is 2.95. The number of rotatable bonds is 6. The maximum Gasteiger partial charge on any atom is 0.242 e. The van der Waals surface area contributed by atoms with Gasteiger partial charge in [-0.15, -0.1) is 0 Å². The molecule has 3 rings (SSSR count). The molecular weight excluding hydrogens is 292 g/mol. The van der Waals surface area contributed by atoms with E-state index in [9.17, 15) is 4.79 Å². The minimum Gasteiger partial charge on any atom is -0.382 e. The van der Waals surface area contributed by atoms with Crippen LogP contribution in [-0.4, -0.2) is 48.0 Å². The first kappa shape index (κ1) is 16.5. The van der Waals surface area contributed by atoms with E-state index in [1.54, 1.807) is 13.3 Å². The molecule has 2 aliphatic rings. The van der Waals surface area contributed by atoms with Gasteiger partial charge in [-0.2, -0.15) is 5.10 Å². The number of carbonyl (C=O) groups excluding carboxylic acids is 1. The van der Waals surface area contributed by atoms with E-state index in [0.29, 0.717) is 19.1 Å². The Morgan fingerprint density at radius 1 is 1.48 bits per heavy atom. The van der Waals surface area contributed by atoms with Crippen molar-refractivity contribution in [3.63, 3.8) is 0 Å². The Morgan fingerprint density at radius 2 is 2.30 bits per heavy atom. The van der Waals surface area contributed by atoms with E-state index < -0.39 is 0 Å². The molecule has 1 atom stereocenters. The summed E-state index contributed by atoms with van der Waals surface area (Å²) in [6, 6.07) is 2.05. The second-order valence-electron chi connectivity index (χ2n) is 6.93. The zero-order valence-corrected chi connectivity index (χ0v) is 14.0. The third-order valence-electron chi connectivity index (χ3n) is 5.14. The number of hydrogen-bond donors (Lipinski definition) is 2. The molecule has 6 heteroatoms. The summed E-state index contributed by atoms with van der Waals surface area (Å²) in [5.74, 6) is 0.496. The van der Waals surface area contributed by atoms with Crippen LogP contribution in [-0.2, 0) is 16.1 Å². The van der Waals surface area contributed by atoms with Crippen molar-refractivity contribution in [2.45, 2.75) is 56.5 Å². The summed E-state index contributed by atoms with van der Waals surface area (Å²) in [6.07, 6.45) is 8.47. The first-order chi connectivity index (χ1) is 11.2. The highest BCUT2D eigenvalue weighted by Gasteiger charge is 2.35. The monoisotopic (exact) mass is 320 g/mol. The zero-order chi connectivity index (χ0) is 16.1. The fraction of sp³-hybridized carbons (Fsp3) is 0.765. The van der Waals surface area contributed by atoms with Gasteiger partial charge in [-0.05, 0) is 38.3 Å². The summed E-state index contributed by atoms with van der Waals surface area (Å²) in [5, 5.41) is 11.0. The van der Waals surface area contributed by atoms with Crippen LogP contribution in [0.25, 0.3) is 0 Å². The van der Waals surface area contributed by atoms with E-state index in [2.05, 4.69) is 15.7 Å². The molecular formula is C17H28N4O2. The molecule has 2 heterocycles. The van der Waals surface area contributed by atoms with E-state index in [-0.39, 0.29) is 11.4 Å². The predicted molar refractivity (Wildman–Crippen MR) is 88.3 cm³/mol. The van der Waals surface area contributed by atoms with Crippen LogP contribution in [0.1, 0.15) is 50.1 Å². The molecule has 1 saturated carbocycles. The minimum atomic E-state index is -0.175. The summed E-state index contributed by atoms with van der Waals surface area (Å²) < 4.78 is 7.20. The summed E-state index contributed by atoms with van der Waals surface area (Å²) in [5.41, 5.74) is 0.991. The van der Waals surface area contributed by atoms with Gasteiger partial charge in [0.25, 0.3) is 0 Å². The predicted octanol–water partition coefficient (Wildman–Crippen LogP) is 1.43. The SMILES string of the molecule is COCC1(NC(=O)Cn2nccc2[C@@H]2CCCNC2)CCCC1. The molecule has 2 N–H and O–H groups in total. The maximum atomic E-state index is 12.5. The van der Waals surface area contributed by atoms with Gasteiger partial charge in [0.2, 0.25) is 5.91 Å². The smallest absolute Gasteiger partial charge is 0.242 e. The number of nitrogens with one attached hydrogen (secondary N) is 2. The van der Waals surface area contributed by atoms with E-state index in [1.165, 1.54) is 12.1 Å². The molecule has 1 amide bonds. The highest BCUT2D eigenvalue weighted by atomic mass is 16.5. The van der Waals surface area contributed by atoms with E-state index in [4.69, 9.17) is 4.74 Å². The first-order valence-electron chi connectivity index (χ1n) is 8.75. The van der Waals surface area contributed by atoms with Crippen molar-refractivity contribution in [1.29, 1.82) is 0 Å².